The molecule has 88 valence electrons. The summed E-state index contributed by atoms with van der Waals surface area (Å²) in [5.41, 5.74) is 2.80. The molecule has 0 N–H and O–H groups in total. The second-order valence-electron chi connectivity index (χ2n) is 3.91. The Morgan fingerprint density at radius 1 is 1.17 bits per heavy atom. The molecule has 0 unspecified atom stereocenters. The molecule has 0 bridgehead atoms. The fourth-order valence-electron chi connectivity index (χ4n) is 1.87. The van der Waals surface area contributed by atoms with Crippen LogP contribution in [0.3, 0.4) is 0 Å². The van der Waals surface area contributed by atoms with Crippen LogP contribution in [-0.4, -0.2) is 11.4 Å². The van der Waals surface area contributed by atoms with Gasteiger partial charge in [0.2, 0.25) is 0 Å². The first kappa shape index (κ1) is 11.0. The van der Waals surface area contributed by atoms with Gasteiger partial charge >= 0.3 is 0 Å². The van der Waals surface area contributed by atoms with E-state index >= 15 is 0 Å². The highest BCUT2D eigenvalue weighted by molar-refractivity contribution is 6.30. The van der Waals surface area contributed by atoms with Crippen LogP contribution in [0.15, 0.2) is 47.0 Å². The molecule has 2 aromatic carbocycles. The van der Waals surface area contributed by atoms with E-state index in [1.54, 1.807) is 24.3 Å². The molecule has 0 spiro atoms. The van der Waals surface area contributed by atoms with Gasteiger partial charge in [0.05, 0.1) is 5.39 Å². The lowest BCUT2D eigenvalue weighted by atomic mass is 10.1. The van der Waals surface area contributed by atoms with Crippen molar-refractivity contribution >= 4 is 28.9 Å². The van der Waals surface area contributed by atoms with Gasteiger partial charge in [0.25, 0.3) is 0 Å². The van der Waals surface area contributed by atoms with Gasteiger partial charge in [-0.05, 0) is 30.3 Å². The molecule has 0 amide bonds. The summed E-state index contributed by atoms with van der Waals surface area (Å²) >= 11 is 5.96. The van der Waals surface area contributed by atoms with E-state index in [0.717, 1.165) is 17.2 Å². The molecule has 1 heterocycles. The lowest BCUT2D eigenvalue weighted by Crippen LogP contribution is -1.81. The SMILES string of the molecule is O=Cc1ccc2onc(-c3cccc(Cl)c3)c2c1. The Kier molecular flexibility index (Phi) is 2.61. The molecule has 0 aliphatic rings. The predicted molar refractivity (Wildman–Crippen MR) is 69.8 cm³/mol. The molecule has 0 saturated heterocycles. The summed E-state index contributed by atoms with van der Waals surface area (Å²) in [6.07, 6.45) is 0.800. The fourth-order valence-corrected chi connectivity index (χ4v) is 2.06. The van der Waals surface area contributed by atoms with Gasteiger partial charge in [-0.1, -0.05) is 28.9 Å². The minimum absolute atomic E-state index is 0.592. The van der Waals surface area contributed by atoms with E-state index in [9.17, 15) is 4.79 Å². The zero-order valence-corrected chi connectivity index (χ0v) is 10.0. The summed E-state index contributed by atoms with van der Waals surface area (Å²) in [5.74, 6) is 0. The van der Waals surface area contributed by atoms with Crippen LogP contribution in [0.5, 0.6) is 0 Å². The van der Waals surface area contributed by atoms with Crippen molar-refractivity contribution in [2.24, 2.45) is 0 Å². The molecular weight excluding hydrogens is 250 g/mol. The topological polar surface area (TPSA) is 43.1 Å². The monoisotopic (exact) mass is 257 g/mol. The van der Waals surface area contributed by atoms with Crippen LogP contribution in [0.4, 0.5) is 0 Å². The predicted octanol–water partition coefficient (Wildman–Crippen LogP) is 3.96. The molecule has 0 aliphatic carbocycles. The second kappa shape index (κ2) is 4.27. The van der Waals surface area contributed by atoms with Crippen LogP contribution in [-0.2, 0) is 0 Å². The van der Waals surface area contributed by atoms with Crippen LogP contribution in [0, 0.1) is 0 Å². The third-order valence-corrected chi connectivity index (χ3v) is 2.96. The van der Waals surface area contributed by atoms with E-state index in [4.69, 9.17) is 16.1 Å². The van der Waals surface area contributed by atoms with Crippen LogP contribution in [0.1, 0.15) is 10.4 Å². The molecule has 3 rings (SSSR count). The van der Waals surface area contributed by atoms with E-state index in [2.05, 4.69) is 5.16 Å². The maximum atomic E-state index is 10.8. The number of hydrogen-bond donors (Lipinski definition) is 0. The quantitative estimate of drug-likeness (QED) is 0.653. The number of rotatable bonds is 2. The first-order valence-corrected chi connectivity index (χ1v) is 5.76. The Balaban J connectivity index is 2.26. The molecule has 3 nitrogen and oxygen atoms in total. The maximum Gasteiger partial charge on any atom is 0.167 e. The first-order chi connectivity index (χ1) is 8.78. The molecular formula is C14H8ClNO2. The number of aromatic nitrogens is 1. The minimum atomic E-state index is 0.592. The smallest absolute Gasteiger partial charge is 0.167 e. The Hall–Kier alpha value is -2.13. The Morgan fingerprint density at radius 2 is 2.06 bits per heavy atom. The lowest BCUT2D eigenvalue weighted by molar-refractivity contribution is 0.112. The number of carbonyl (C=O) groups is 1. The van der Waals surface area contributed by atoms with Crippen molar-refractivity contribution in [3.05, 3.63) is 53.1 Å². The van der Waals surface area contributed by atoms with E-state index in [0.29, 0.717) is 21.9 Å². The van der Waals surface area contributed by atoms with E-state index in [-0.39, 0.29) is 0 Å². The molecule has 0 saturated carbocycles. The highest BCUT2D eigenvalue weighted by Crippen LogP contribution is 2.29. The Bertz CT molecular complexity index is 733. The highest BCUT2D eigenvalue weighted by atomic mass is 35.5. The van der Waals surface area contributed by atoms with Crippen molar-refractivity contribution in [2.45, 2.75) is 0 Å². The fraction of sp³-hybridized carbons (Fsp3) is 0. The van der Waals surface area contributed by atoms with Crippen molar-refractivity contribution in [2.75, 3.05) is 0 Å². The summed E-state index contributed by atoms with van der Waals surface area (Å²) in [7, 11) is 0. The van der Waals surface area contributed by atoms with Crippen LogP contribution in [0.25, 0.3) is 22.2 Å². The van der Waals surface area contributed by atoms with Crippen molar-refractivity contribution in [3.8, 4) is 11.3 Å². The standard InChI is InChI=1S/C14H8ClNO2/c15-11-3-1-2-10(7-11)14-12-6-9(8-17)4-5-13(12)18-16-14/h1-8H. The number of benzene rings is 2. The summed E-state index contributed by atoms with van der Waals surface area (Å²) in [4.78, 5) is 10.8. The van der Waals surface area contributed by atoms with Crippen LogP contribution >= 0.6 is 11.6 Å². The largest absolute Gasteiger partial charge is 0.356 e. The van der Waals surface area contributed by atoms with Gasteiger partial charge < -0.3 is 4.52 Å². The minimum Gasteiger partial charge on any atom is -0.356 e. The zero-order valence-electron chi connectivity index (χ0n) is 9.26. The Morgan fingerprint density at radius 3 is 2.83 bits per heavy atom. The van der Waals surface area contributed by atoms with Crippen molar-refractivity contribution in [1.82, 2.24) is 5.16 Å². The number of carbonyl (C=O) groups excluding carboxylic acids is 1. The van der Waals surface area contributed by atoms with E-state index in [1.165, 1.54) is 0 Å². The maximum absolute atomic E-state index is 10.8. The van der Waals surface area contributed by atoms with Crippen LogP contribution < -0.4 is 0 Å². The molecule has 0 atom stereocenters. The molecule has 0 aliphatic heterocycles. The van der Waals surface area contributed by atoms with Gasteiger partial charge in [0.1, 0.15) is 12.0 Å². The summed E-state index contributed by atoms with van der Waals surface area (Å²) in [6, 6.07) is 12.5. The molecule has 18 heavy (non-hydrogen) atoms. The molecule has 0 fully saturated rings. The summed E-state index contributed by atoms with van der Waals surface area (Å²) in [6.45, 7) is 0. The van der Waals surface area contributed by atoms with E-state index < -0.39 is 0 Å². The molecule has 4 heteroatoms. The van der Waals surface area contributed by atoms with E-state index in [1.807, 2.05) is 18.2 Å². The average molecular weight is 258 g/mol. The number of hydrogen-bond acceptors (Lipinski definition) is 3. The number of nitrogens with zero attached hydrogens (tertiary/aromatic N) is 1. The highest BCUT2D eigenvalue weighted by Gasteiger charge is 2.11. The van der Waals surface area contributed by atoms with Gasteiger partial charge in [0.15, 0.2) is 5.58 Å². The van der Waals surface area contributed by atoms with Gasteiger partial charge in [-0.3, -0.25) is 4.79 Å². The van der Waals surface area contributed by atoms with Gasteiger partial charge in [-0.25, -0.2) is 0 Å². The Labute approximate surface area is 108 Å². The number of aldehydes is 1. The molecule has 1 aromatic heterocycles. The van der Waals surface area contributed by atoms with Crippen molar-refractivity contribution in [1.29, 1.82) is 0 Å². The third-order valence-electron chi connectivity index (χ3n) is 2.73. The number of halogens is 1. The molecule has 3 aromatic rings. The zero-order chi connectivity index (χ0) is 12.5. The van der Waals surface area contributed by atoms with Crippen LogP contribution in [0.2, 0.25) is 5.02 Å². The molecule has 0 radical (unpaired) electrons. The second-order valence-corrected chi connectivity index (χ2v) is 4.35. The third kappa shape index (κ3) is 1.79. The van der Waals surface area contributed by atoms with Gasteiger partial charge in [0, 0.05) is 16.1 Å². The van der Waals surface area contributed by atoms with Gasteiger partial charge in [-0.2, -0.15) is 0 Å². The van der Waals surface area contributed by atoms with Crippen molar-refractivity contribution in [3.63, 3.8) is 0 Å². The number of fused-ring (bicyclic) bond motifs is 1. The normalized spacial score (nSPS) is 10.7. The van der Waals surface area contributed by atoms with Crippen molar-refractivity contribution < 1.29 is 9.32 Å². The summed E-state index contributed by atoms with van der Waals surface area (Å²) < 4.78 is 5.23. The first-order valence-electron chi connectivity index (χ1n) is 5.38. The summed E-state index contributed by atoms with van der Waals surface area (Å²) in [5, 5.41) is 5.47. The lowest BCUT2D eigenvalue weighted by Gasteiger charge is -1.97. The average Bonchev–Trinajstić information content (AvgIpc) is 2.81. The van der Waals surface area contributed by atoms with Gasteiger partial charge in [-0.15, -0.1) is 0 Å².